The van der Waals surface area contributed by atoms with Gasteiger partial charge in [-0.1, -0.05) is 18.2 Å². The molecular weight excluding hydrogens is 348 g/mol. The number of carbonyl (C=O) groups excluding carboxylic acids is 2. The summed E-state index contributed by atoms with van der Waals surface area (Å²) in [4.78, 5) is 25.7. The van der Waals surface area contributed by atoms with Crippen LogP contribution in [0.1, 0.15) is 22.8 Å². The van der Waals surface area contributed by atoms with Crippen molar-refractivity contribution < 1.29 is 23.8 Å². The maximum atomic E-state index is 12.6. The lowest BCUT2D eigenvalue weighted by atomic mass is 10.1. The summed E-state index contributed by atoms with van der Waals surface area (Å²) in [6, 6.07) is 12.2. The molecule has 27 heavy (non-hydrogen) atoms. The number of likely N-dealkylation sites (N-methyl/N-ethyl adjacent to an activating group) is 1. The number of amides is 2. The predicted octanol–water partition coefficient (Wildman–Crippen LogP) is 1.98. The second kappa shape index (κ2) is 8.44. The van der Waals surface area contributed by atoms with Crippen molar-refractivity contribution in [2.75, 3.05) is 26.4 Å². The summed E-state index contributed by atoms with van der Waals surface area (Å²) in [7, 11) is 0. The Morgan fingerprint density at radius 3 is 2.59 bits per heavy atom. The Hall–Kier alpha value is -3.22. The smallest absolute Gasteiger partial charge is 0.260 e. The van der Waals surface area contributed by atoms with E-state index in [0.29, 0.717) is 43.6 Å². The second-order valence-corrected chi connectivity index (χ2v) is 6.04. The first kappa shape index (κ1) is 18.6. The van der Waals surface area contributed by atoms with Crippen LogP contribution in [0.5, 0.6) is 17.2 Å². The molecule has 1 aliphatic rings. The number of hydrogen-bond acceptors (Lipinski definition) is 5. The van der Waals surface area contributed by atoms with Crippen molar-refractivity contribution in [3.8, 4) is 17.2 Å². The molecule has 2 aromatic rings. The van der Waals surface area contributed by atoms with Crippen molar-refractivity contribution in [3.05, 3.63) is 53.6 Å². The van der Waals surface area contributed by atoms with E-state index in [1.807, 2.05) is 25.1 Å². The molecule has 1 aliphatic heterocycles. The largest absolute Gasteiger partial charge is 0.486 e. The molecule has 2 aromatic carbocycles. The molecule has 0 aromatic heterocycles. The van der Waals surface area contributed by atoms with Gasteiger partial charge < -0.3 is 24.8 Å². The predicted molar refractivity (Wildman–Crippen MR) is 99.0 cm³/mol. The summed E-state index contributed by atoms with van der Waals surface area (Å²) >= 11 is 0. The first-order valence-electron chi connectivity index (χ1n) is 8.76. The van der Waals surface area contributed by atoms with Crippen LogP contribution in [0.2, 0.25) is 0 Å². The number of benzene rings is 2. The SMILES string of the molecule is CCN(Cc1ccc2c(c1)OCCO2)C(=O)COc1ccccc1C(N)=O. The zero-order chi connectivity index (χ0) is 19.2. The number of nitrogens with zero attached hydrogens (tertiary/aromatic N) is 1. The highest BCUT2D eigenvalue weighted by atomic mass is 16.6. The summed E-state index contributed by atoms with van der Waals surface area (Å²) in [5.41, 5.74) is 6.52. The number of rotatable bonds is 7. The Morgan fingerprint density at radius 2 is 1.85 bits per heavy atom. The number of para-hydroxylation sites is 1. The topological polar surface area (TPSA) is 91.1 Å². The Labute approximate surface area is 157 Å². The van der Waals surface area contributed by atoms with Gasteiger partial charge in [0.25, 0.3) is 11.8 Å². The number of nitrogens with two attached hydrogens (primary N) is 1. The number of fused-ring (bicyclic) bond motifs is 1. The quantitative estimate of drug-likeness (QED) is 0.805. The van der Waals surface area contributed by atoms with Crippen LogP contribution in [-0.4, -0.2) is 43.1 Å². The fraction of sp³-hybridized carbons (Fsp3) is 0.300. The van der Waals surface area contributed by atoms with Crippen molar-refractivity contribution in [2.24, 2.45) is 5.73 Å². The maximum Gasteiger partial charge on any atom is 0.260 e. The molecule has 0 aliphatic carbocycles. The fourth-order valence-corrected chi connectivity index (χ4v) is 2.81. The van der Waals surface area contributed by atoms with Gasteiger partial charge >= 0.3 is 0 Å². The van der Waals surface area contributed by atoms with Crippen molar-refractivity contribution in [3.63, 3.8) is 0 Å². The molecular formula is C20H22N2O5. The van der Waals surface area contributed by atoms with Gasteiger partial charge in [0.05, 0.1) is 5.56 Å². The third-order valence-corrected chi connectivity index (χ3v) is 4.22. The van der Waals surface area contributed by atoms with Crippen molar-refractivity contribution in [1.29, 1.82) is 0 Å². The molecule has 1 heterocycles. The van der Waals surface area contributed by atoms with Crippen LogP contribution in [0.3, 0.4) is 0 Å². The highest BCUT2D eigenvalue weighted by molar-refractivity contribution is 5.95. The molecule has 3 rings (SSSR count). The van der Waals surface area contributed by atoms with E-state index in [1.54, 1.807) is 29.2 Å². The lowest BCUT2D eigenvalue weighted by molar-refractivity contribution is -0.133. The Kier molecular flexibility index (Phi) is 5.80. The van der Waals surface area contributed by atoms with E-state index in [4.69, 9.17) is 19.9 Å². The van der Waals surface area contributed by atoms with Gasteiger partial charge in [-0.3, -0.25) is 9.59 Å². The maximum absolute atomic E-state index is 12.6. The first-order chi connectivity index (χ1) is 13.1. The lowest BCUT2D eigenvalue weighted by Gasteiger charge is -2.23. The van der Waals surface area contributed by atoms with Crippen LogP contribution in [0.15, 0.2) is 42.5 Å². The van der Waals surface area contributed by atoms with Crippen molar-refractivity contribution in [1.82, 2.24) is 4.90 Å². The second-order valence-electron chi connectivity index (χ2n) is 6.04. The molecule has 7 nitrogen and oxygen atoms in total. The van der Waals surface area contributed by atoms with E-state index < -0.39 is 5.91 Å². The molecule has 0 saturated heterocycles. The molecule has 0 bridgehead atoms. The van der Waals surface area contributed by atoms with Crippen LogP contribution in [0.25, 0.3) is 0 Å². The van der Waals surface area contributed by atoms with E-state index in [0.717, 1.165) is 5.56 Å². The average Bonchev–Trinajstić information content (AvgIpc) is 2.70. The molecule has 2 N–H and O–H groups in total. The van der Waals surface area contributed by atoms with Crippen LogP contribution >= 0.6 is 0 Å². The minimum atomic E-state index is -0.596. The molecule has 0 fully saturated rings. The number of ether oxygens (including phenoxy) is 3. The Bertz CT molecular complexity index is 837. The first-order valence-corrected chi connectivity index (χ1v) is 8.76. The third-order valence-electron chi connectivity index (χ3n) is 4.22. The third kappa shape index (κ3) is 4.49. The van der Waals surface area contributed by atoms with E-state index in [2.05, 4.69) is 0 Å². The minimum Gasteiger partial charge on any atom is -0.486 e. The number of carbonyl (C=O) groups is 2. The van der Waals surface area contributed by atoms with Crippen LogP contribution < -0.4 is 19.9 Å². The average molecular weight is 370 g/mol. The molecule has 0 radical (unpaired) electrons. The standard InChI is InChI=1S/C20H22N2O5/c1-2-22(12-14-7-8-17-18(11-14)26-10-9-25-17)19(23)13-27-16-6-4-3-5-15(16)20(21)24/h3-8,11H,2,9-10,12-13H2,1H3,(H2,21,24). The minimum absolute atomic E-state index is 0.178. The molecule has 0 unspecified atom stereocenters. The van der Waals surface area contributed by atoms with Gasteiger partial charge in [0.1, 0.15) is 19.0 Å². The summed E-state index contributed by atoms with van der Waals surface area (Å²) in [6.07, 6.45) is 0. The number of primary amides is 1. The zero-order valence-corrected chi connectivity index (χ0v) is 15.1. The van der Waals surface area contributed by atoms with Gasteiger partial charge in [0, 0.05) is 13.1 Å². The highest BCUT2D eigenvalue weighted by Crippen LogP contribution is 2.31. The van der Waals surface area contributed by atoms with Gasteiger partial charge in [-0.25, -0.2) is 0 Å². The van der Waals surface area contributed by atoms with Crippen molar-refractivity contribution >= 4 is 11.8 Å². The summed E-state index contributed by atoms with van der Waals surface area (Å²) in [5.74, 6) is 0.918. The normalized spacial score (nSPS) is 12.3. The van der Waals surface area contributed by atoms with Gasteiger partial charge in [-0.15, -0.1) is 0 Å². The Morgan fingerprint density at radius 1 is 1.11 bits per heavy atom. The number of hydrogen-bond donors (Lipinski definition) is 1. The molecule has 0 spiro atoms. The molecule has 0 atom stereocenters. The monoisotopic (exact) mass is 370 g/mol. The van der Waals surface area contributed by atoms with Gasteiger partial charge in [0.15, 0.2) is 18.1 Å². The summed E-state index contributed by atoms with van der Waals surface area (Å²) in [6.45, 7) is 3.72. The van der Waals surface area contributed by atoms with Crippen LogP contribution in [0.4, 0.5) is 0 Å². The van der Waals surface area contributed by atoms with Gasteiger partial charge in [-0.2, -0.15) is 0 Å². The molecule has 7 heteroatoms. The van der Waals surface area contributed by atoms with Crippen LogP contribution in [0, 0.1) is 0 Å². The van der Waals surface area contributed by atoms with Crippen LogP contribution in [-0.2, 0) is 11.3 Å². The van der Waals surface area contributed by atoms with E-state index in [1.165, 1.54) is 0 Å². The lowest BCUT2D eigenvalue weighted by Crippen LogP contribution is -2.34. The fourth-order valence-electron chi connectivity index (χ4n) is 2.81. The molecule has 2 amide bonds. The van der Waals surface area contributed by atoms with Gasteiger partial charge in [0.2, 0.25) is 0 Å². The van der Waals surface area contributed by atoms with Gasteiger partial charge in [-0.05, 0) is 36.8 Å². The zero-order valence-electron chi connectivity index (χ0n) is 15.1. The molecule has 0 saturated carbocycles. The Balaban J connectivity index is 1.64. The highest BCUT2D eigenvalue weighted by Gasteiger charge is 2.17. The summed E-state index contributed by atoms with van der Waals surface area (Å²) < 4.78 is 16.6. The van der Waals surface area contributed by atoms with E-state index in [9.17, 15) is 9.59 Å². The summed E-state index contributed by atoms with van der Waals surface area (Å²) in [5, 5.41) is 0. The van der Waals surface area contributed by atoms with E-state index >= 15 is 0 Å². The molecule has 142 valence electrons. The van der Waals surface area contributed by atoms with Crippen molar-refractivity contribution in [2.45, 2.75) is 13.5 Å². The van der Waals surface area contributed by atoms with E-state index in [-0.39, 0.29) is 18.1 Å².